The number of hydrogen-bond acceptors (Lipinski definition) is 5. The topological polar surface area (TPSA) is 98.9 Å². The van der Waals surface area contributed by atoms with E-state index < -0.39 is 18.2 Å². The molecule has 0 aromatic heterocycles. The van der Waals surface area contributed by atoms with Crippen LogP contribution >= 0.6 is 0 Å². The van der Waals surface area contributed by atoms with Crippen LogP contribution in [0, 0.1) is 0 Å². The molecular formula is C23H24F3NO5. The van der Waals surface area contributed by atoms with Crippen LogP contribution in [0.4, 0.5) is 13.2 Å². The van der Waals surface area contributed by atoms with Gasteiger partial charge in [-0.2, -0.15) is 0 Å². The van der Waals surface area contributed by atoms with E-state index in [1.54, 1.807) is 44.2 Å². The van der Waals surface area contributed by atoms with Gasteiger partial charge in [-0.05, 0) is 52.9 Å². The number of carbonyl (C=O) groups excluding carboxylic acids is 1. The highest BCUT2D eigenvalue weighted by Gasteiger charge is 2.32. The van der Waals surface area contributed by atoms with Gasteiger partial charge in [0.25, 0.3) is 0 Å². The normalized spacial score (nSPS) is 13.0. The van der Waals surface area contributed by atoms with Crippen molar-refractivity contribution in [3.63, 3.8) is 0 Å². The lowest BCUT2D eigenvalue weighted by Gasteiger charge is -2.17. The van der Waals surface area contributed by atoms with Crippen LogP contribution < -0.4 is 15.2 Å². The first-order chi connectivity index (χ1) is 15.0. The molecule has 0 radical (unpaired) electrons. The van der Waals surface area contributed by atoms with E-state index in [2.05, 4.69) is 4.74 Å². The van der Waals surface area contributed by atoms with Gasteiger partial charge in [0.05, 0.1) is 6.42 Å². The first-order valence-corrected chi connectivity index (χ1v) is 9.74. The average Bonchev–Trinajstić information content (AvgIpc) is 2.70. The van der Waals surface area contributed by atoms with Crippen LogP contribution in [0.2, 0.25) is 0 Å². The Hall–Kier alpha value is -3.49. The van der Waals surface area contributed by atoms with Crippen molar-refractivity contribution in [2.45, 2.75) is 45.1 Å². The summed E-state index contributed by atoms with van der Waals surface area (Å²) < 4.78 is 47.6. The first-order valence-electron chi connectivity index (χ1n) is 9.74. The van der Waals surface area contributed by atoms with Crippen molar-refractivity contribution < 1.29 is 37.3 Å². The zero-order valence-electron chi connectivity index (χ0n) is 17.6. The molecular weight excluding hydrogens is 427 g/mol. The number of aliphatic carboxylic acids is 1. The van der Waals surface area contributed by atoms with Gasteiger partial charge in [-0.1, -0.05) is 32.0 Å². The third-order valence-electron chi connectivity index (χ3n) is 4.65. The van der Waals surface area contributed by atoms with Crippen LogP contribution in [-0.2, 0) is 16.2 Å². The summed E-state index contributed by atoms with van der Waals surface area (Å²) in [7, 11) is 0. The quantitative estimate of drug-likeness (QED) is 0.394. The van der Waals surface area contributed by atoms with Crippen molar-refractivity contribution in [3.8, 4) is 11.5 Å². The highest BCUT2D eigenvalue weighted by molar-refractivity contribution is 5.71. The SMILES string of the molecule is CC(C)c1cc(COc2ccc([C@H](CC(=O)O)C(N)=CC=O)cc2)ccc1OC(F)(F)F. The van der Waals surface area contributed by atoms with E-state index in [1.807, 2.05) is 0 Å². The summed E-state index contributed by atoms with van der Waals surface area (Å²) in [6.07, 6.45) is -3.43. The van der Waals surface area contributed by atoms with Crippen LogP contribution in [0.5, 0.6) is 11.5 Å². The maximum Gasteiger partial charge on any atom is 0.573 e. The number of carboxylic acid groups (broad SMARTS) is 1. The summed E-state index contributed by atoms with van der Waals surface area (Å²) in [6.45, 7) is 3.64. The molecule has 32 heavy (non-hydrogen) atoms. The number of benzene rings is 2. The summed E-state index contributed by atoms with van der Waals surface area (Å²) >= 11 is 0. The number of allylic oxidation sites excluding steroid dienone is 2. The van der Waals surface area contributed by atoms with Gasteiger partial charge >= 0.3 is 12.3 Å². The van der Waals surface area contributed by atoms with Crippen LogP contribution in [0.25, 0.3) is 0 Å². The van der Waals surface area contributed by atoms with Crippen molar-refractivity contribution in [1.82, 2.24) is 0 Å². The van der Waals surface area contributed by atoms with Crippen molar-refractivity contribution in [1.29, 1.82) is 0 Å². The maximum absolute atomic E-state index is 12.6. The van der Waals surface area contributed by atoms with Gasteiger partial charge in [-0.3, -0.25) is 9.59 Å². The lowest BCUT2D eigenvalue weighted by Crippen LogP contribution is -2.18. The third kappa shape index (κ3) is 7.33. The van der Waals surface area contributed by atoms with Gasteiger partial charge in [0.2, 0.25) is 0 Å². The van der Waals surface area contributed by atoms with Crippen molar-refractivity contribution in [2.24, 2.45) is 5.73 Å². The van der Waals surface area contributed by atoms with Gasteiger partial charge in [-0.25, -0.2) is 0 Å². The fourth-order valence-electron chi connectivity index (χ4n) is 3.12. The Morgan fingerprint density at radius 3 is 2.34 bits per heavy atom. The minimum atomic E-state index is -4.77. The van der Waals surface area contributed by atoms with Gasteiger partial charge in [-0.15, -0.1) is 13.2 Å². The second-order valence-electron chi connectivity index (χ2n) is 7.39. The molecule has 3 N–H and O–H groups in total. The monoisotopic (exact) mass is 451 g/mol. The molecule has 0 fully saturated rings. The Labute approximate surface area is 183 Å². The van der Waals surface area contributed by atoms with Gasteiger partial charge in [0.15, 0.2) is 0 Å². The number of carbonyl (C=O) groups is 2. The molecule has 0 saturated heterocycles. The molecule has 9 heteroatoms. The van der Waals surface area contributed by atoms with E-state index in [0.717, 1.165) is 6.08 Å². The molecule has 6 nitrogen and oxygen atoms in total. The molecule has 0 heterocycles. The molecule has 2 rings (SSSR count). The van der Waals surface area contributed by atoms with Crippen LogP contribution in [0.15, 0.2) is 54.2 Å². The Kier molecular flexibility index (Phi) is 8.28. The fraction of sp³-hybridized carbons (Fsp3) is 0.304. The molecule has 2 aromatic rings. The van der Waals surface area contributed by atoms with Crippen molar-refractivity contribution >= 4 is 12.3 Å². The standard InChI is InChI=1S/C23H24F3NO5/c1-14(2)18-11-15(3-8-21(18)32-23(24,25)26)13-31-17-6-4-16(5-7-17)19(12-22(29)30)20(27)9-10-28/h3-11,14,19H,12-13,27H2,1-2H3,(H,29,30)/t19-/m0/s1. The maximum atomic E-state index is 12.6. The Balaban J connectivity index is 2.14. The minimum absolute atomic E-state index is 0.108. The zero-order valence-corrected chi connectivity index (χ0v) is 17.6. The molecule has 0 aliphatic heterocycles. The third-order valence-corrected chi connectivity index (χ3v) is 4.65. The molecule has 0 aliphatic rings. The molecule has 0 unspecified atom stereocenters. The van der Waals surface area contributed by atoms with E-state index in [9.17, 15) is 22.8 Å². The van der Waals surface area contributed by atoms with Crippen LogP contribution in [0.3, 0.4) is 0 Å². The Morgan fingerprint density at radius 1 is 1.16 bits per heavy atom. The number of alkyl halides is 3. The number of carboxylic acids is 1. The van der Waals surface area contributed by atoms with Gasteiger partial charge < -0.3 is 20.3 Å². The number of nitrogens with two attached hydrogens (primary N) is 1. The van der Waals surface area contributed by atoms with E-state index in [-0.39, 0.29) is 30.4 Å². The molecule has 0 bridgehead atoms. The fourth-order valence-corrected chi connectivity index (χ4v) is 3.12. The molecule has 172 valence electrons. The van der Waals surface area contributed by atoms with Crippen LogP contribution in [0.1, 0.15) is 48.8 Å². The largest absolute Gasteiger partial charge is 0.573 e. The lowest BCUT2D eigenvalue weighted by molar-refractivity contribution is -0.275. The molecule has 1 atom stereocenters. The number of hydrogen-bond donors (Lipinski definition) is 2. The van der Waals surface area contributed by atoms with Crippen molar-refractivity contribution in [2.75, 3.05) is 0 Å². The predicted octanol–water partition coefficient (Wildman–Crippen LogP) is 4.89. The van der Waals surface area contributed by atoms with E-state index in [0.29, 0.717) is 28.7 Å². The molecule has 2 aromatic carbocycles. The smallest absolute Gasteiger partial charge is 0.489 e. The predicted molar refractivity (Wildman–Crippen MR) is 111 cm³/mol. The summed E-state index contributed by atoms with van der Waals surface area (Å²) in [4.78, 5) is 21.8. The van der Waals surface area contributed by atoms with Gasteiger partial charge in [0.1, 0.15) is 24.4 Å². The lowest BCUT2D eigenvalue weighted by atomic mass is 9.92. The van der Waals surface area contributed by atoms with Crippen LogP contribution in [-0.4, -0.2) is 23.7 Å². The minimum Gasteiger partial charge on any atom is -0.489 e. The Morgan fingerprint density at radius 2 is 1.81 bits per heavy atom. The summed E-state index contributed by atoms with van der Waals surface area (Å²) in [5.74, 6) is -1.69. The number of ether oxygens (including phenoxy) is 2. The van der Waals surface area contributed by atoms with E-state index >= 15 is 0 Å². The summed E-state index contributed by atoms with van der Waals surface area (Å²) in [5, 5.41) is 9.10. The zero-order chi connectivity index (χ0) is 23.9. The first kappa shape index (κ1) is 24.8. The summed E-state index contributed by atoms with van der Waals surface area (Å²) in [6, 6.07) is 10.9. The second kappa shape index (κ2) is 10.7. The molecule has 0 spiro atoms. The van der Waals surface area contributed by atoms with E-state index in [1.165, 1.54) is 12.1 Å². The molecule has 0 saturated carbocycles. The van der Waals surface area contributed by atoms with Gasteiger partial charge in [0, 0.05) is 11.6 Å². The molecule has 0 aliphatic carbocycles. The van der Waals surface area contributed by atoms with Crippen molar-refractivity contribution in [3.05, 3.63) is 70.9 Å². The summed E-state index contributed by atoms with van der Waals surface area (Å²) in [5.41, 5.74) is 7.64. The molecule has 0 amide bonds. The number of rotatable bonds is 10. The van der Waals surface area contributed by atoms with E-state index in [4.69, 9.17) is 15.6 Å². The highest BCUT2D eigenvalue weighted by Crippen LogP contribution is 2.32. The second-order valence-corrected chi connectivity index (χ2v) is 7.39. The number of aldehydes is 1. The highest BCUT2D eigenvalue weighted by atomic mass is 19.4. The Bertz CT molecular complexity index is 969. The average molecular weight is 451 g/mol. The number of halogens is 3.